The van der Waals surface area contributed by atoms with Crippen LogP contribution in [0.2, 0.25) is 0 Å². The lowest BCUT2D eigenvalue weighted by atomic mass is 10.0. The van der Waals surface area contributed by atoms with E-state index in [1.807, 2.05) is 19.9 Å². The molecule has 0 bridgehead atoms. The number of rotatable bonds is 4. The first-order valence-corrected chi connectivity index (χ1v) is 5.32. The van der Waals surface area contributed by atoms with Crippen molar-refractivity contribution in [3.05, 3.63) is 23.4 Å². The standard InChI is InChI=1S/C12H15N3O2/c1-7(2)11(12(16)17)15-10-5-9(6-13)4-8(3)14-10/h4-5,7,11H,1-3H3,(H,14,15)(H,16,17). The van der Waals surface area contributed by atoms with Crippen molar-refractivity contribution >= 4 is 11.8 Å². The Kier molecular flexibility index (Phi) is 4.05. The summed E-state index contributed by atoms with van der Waals surface area (Å²) in [5, 5.41) is 20.7. The van der Waals surface area contributed by atoms with Crippen molar-refractivity contribution in [3.8, 4) is 6.07 Å². The molecule has 90 valence electrons. The Hall–Kier alpha value is -2.09. The fourth-order valence-electron chi connectivity index (χ4n) is 1.48. The van der Waals surface area contributed by atoms with Crippen LogP contribution in [0.1, 0.15) is 25.1 Å². The molecule has 0 saturated heterocycles. The Morgan fingerprint density at radius 1 is 1.53 bits per heavy atom. The van der Waals surface area contributed by atoms with Crippen molar-refractivity contribution in [1.29, 1.82) is 5.26 Å². The largest absolute Gasteiger partial charge is 0.480 e. The van der Waals surface area contributed by atoms with Crippen LogP contribution in [0.15, 0.2) is 12.1 Å². The molecule has 0 aliphatic rings. The van der Waals surface area contributed by atoms with E-state index < -0.39 is 12.0 Å². The number of nitrogens with one attached hydrogen (secondary N) is 1. The fourth-order valence-corrected chi connectivity index (χ4v) is 1.48. The summed E-state index contributed by atoms with van der Waals surface area (Å²) >= 11 is 0. The summed E-state index contributed by atoms with van der Waals surface area (Å²) in [4.78, 5) is 15.2. The average molecular weight is 233 g/mol. The van der Waals surface area contributed by atoms with E-state index in [0.29, 0.717) is 17.1 Å². The quantitative estimate of drug-likeness (QED) is 0.827. The van der Waals surface area contributed by atoms with Gasteiger partial charge >= 0.3 is 5.97 Å². The maximum absolute atomic E-state index is 11.0. The molecule has 0 fully saturated rings. The average Bonchev–Trinajstić information content (AvgIpc) is 2.24. The Morgan fingerprint density at radius 3 is 2.65 bits per heavy atom. The maximum Gasteiger partial charge on any atom is 0.326 e. The highest BCUT2D eigenvalue weighted by molar-refractivity contribution is 5.77. The van der Waals surface area contributed by atoms with Gasteiger partial charge in [-0.3, -0.25) is 0 Å². The summed E-state index contributed by atoms with van der Waals surface area (Å²) in [6, 6.07) is 4.50. The molecule has 2 N–H and O–H groups in total. The minimum Gasteiger partial charge on any atom is -0.480 e. The minimum absolute atomic E-state index is 0.0691. The number of hydrogen-bond acceptors (Lipinski definition) is 4. The van der Waals surface area contributed by atoms with E-state index in [4.69, 9.17) is 10.4 Å². The summed E-state index contributed by atoms with van der Waals surface area (Å²) in [6.07, 6.45) is 0. The summed E-state index contributed by atoms with van der Waals surface area (Å²) in [5.41, 5.74) is 1.15. The first-order chi connectivity index (χ1) is 7.93. The molecule has 1 atom stereocenters. The molecule has 1 rings (SSSR count). The molecule has 0 radical (unpaired) electrons. The molecule has 0 saturated carbocycles. The molecule has 0 aliphatic heterocycles. The van der Waals surface area contributed by atoms with Crippen molar-refractivity contribution in [2.75, 3.05) is 5.32 Å². The van der Waals surface area contributed by atoms with Crippen LogP contribution in [0.5, 0.6) is 0 Å². The van der Waals surface area contributed by atoms with Gasteiger partial charge in [-0.15, -0.1) is 0 Å². The minimum atomic E-state index is -0.929. The number of nitrogens with zero attached hydrogens (tertiary/aromatic N) is 2. The second-order valence-corrected chi connectivity index (χ2v) is 4.20. The normalized spacial score (nSPS) is 11.9. The number of aromatic nitrogens is 1. The van der Waals surface area contributed by atoms with Gasteiger partial charge in [0.15, 0.2) is 0 Å². The summed E-state index contributed by atoms with van der Waals surface area (Å²) in [6.45, 7) is 5.39. The van der Waals surface area contributed by atoms with E-state index in [1.54, 1.807) is 19.1 Å². The van der Waals surface area contributed by atoms with Crippen molar-refractivity contribution in [1.82, 2.24) is 4.98 Å². The summed E-state index contributed by atoms with van der Waals surface area (Å²) in [5.74, 6) is -0.579. The maximum atomic E-state index is 11.0. The van der Waals surface area contributed by atoms with Crippen LogP contribution < -0.4 is 5.32 Å². The third-order valence-electron chi connectivity index (χ3n) is 2.32. The van der Waals surface area contributed by atoms with Gasteiger partial charge in [-0.1, -0.05) is 13.8 Å². The SMILES string of the molecule is Cc1cc(C#N)cc(NC(C(=O)O)C(C)C)n1. The van der Waals surface area contributed by atoms with Crippen LogP contribution in [0, 0.1) is 24.2 Å². The number of hydrogen-bond donors (Lipinski definition) is 2. The van der Waals surface area contributed by atoms with Crippen LogP contribution in [0.3, 0.4) is 0 Å². The lowest BCUT2D eigenvalue weighted by Gasteiger charge is -2.18. The van der Waals surface area contributed by atoms with E-state index in [9.17, 15) is 4.79 Å². The topological polar surface area (TPSA) is 86.0 Å². The molecule has 5 nitrogen and oxygen atoms in total. The smallest absolute Gasteiger partial charge is 0.326 e. The highest BCUT2D eigenvalue weighted by Gasteiger charge is 2.21. The van der Waals surface area contributed by atoms with Gasteiger partial charge in [0.25, 0.3) is 0 Å². The first-order valence-electron chi connectivity index (χ1n) is 5.32. The Bertz CT molecular complexity index is 463. The highest BCUT2D eigenvalue weighted by Crippen LogP contribution is 2.13. The monoisotopic (exact) mass is 233 g/mol. The van der Waals surface area contributed by atoms with E-state index in [2.05, 4.69) is 10.3 Å². The second-order valence-electron chi connectivity index (χ2n) is 4.20. The molecule has 1 unspecified atom stereocenters. The summed E-state index contributed by atoms with van der Waals surface area (Å²) < 4.78 is 0. The zero-order chi connectivity index (χ0) is 13.0. The predicted octanol–water partition coefficient (Wildman–Crippen LogP) is 1.78. The molecule has 0 aliphatic carbocycles. The second kappa shape index (κ2) is 5.30. The number of carboxylic acid groups (broad SMARTS) is 1. The Morgan fingerprint density at radius 2 is 2.18 bits per heavy atom. The van der Waals surface area contributed by atoms with Gasteiger partial charge in [-0.25, -0.2) is 9.78 Å². The molecule has 1 aromatic rings. The zero-order valence-corrected chi connectivity index (χ0v) is 10.1. The molecule has 1 heterocycles. The van der Waals surface area contributed by atoms with Crippen molar-refractivity contribution in [3.63, 3.8) is 0 Å². The number of carbonyl (C=O) groups is 1. The third-order valence-corrected chi connectivity index (χ3v) is 2.32. The Labute approximate surface area is 100 Å². The van der Waals surface area contributed by atoms with Gasteiger partial charge in [-0.2, -0.15) is 5.26 Å². The van der Waals surface area contributed by atoms with Crippen LogP contribution in [-0.2, 0) is 4.79 Å². The van der Waals surface area contributed by atoms with Gasteiger partial charge in [-0.05, 0) is 25.0 Å². The van der Waals surface area contributed by atoms with Gasteiger partial charge in [0.1, 0.15) is 11.9 Å². The lowest BCUT2D eigenvalue weighted by Crippen LogP contribution is -2.34. The van der Waals surface area contributed by atoms with Crippen molar-refractivity contribution in [2.24, 2.45) is 5.92 Å². The first kappa shape index (κ1) is 13.0. The van der Waals surface area contributed by atoms with E-state index in [1.165, 1.54) is 0 Å². The number of nitriles is 1. The van der Waals surface area contributed by atoms with E-state index in [-0.39, 0.29) is 5.92 Å². The number of aliphatic carboxylic acids is 1. The molecular formula is C12H15N3O2. The van der Waals surface area contributed by atoms with Gasteiger partial charge in [0.05, 0.1) is 11.6 Å². The fraction of sp³-hybridized carbons (Fsp3) is 0.417. The number of carboxylic acids is 1. The van der Waals surface area contributed by atoms with Crippen LogP contribution in [-0.4, -0.2) is 22.1 Å². The van der Waals surface area contributed by atoms with E-state index >= 15 is 0 Å². The van der Waals surface area contributed by atoms with Crippen molar-refractivity contribution in [2.45, 2.75) is 26.8 Å². The summed E-state index contributed by atoms with van der Waals surface area (Å²) in [7, 11) is 0. The molecule has 17 heavy (non-hydrogen) atoms. The number of pyridine rings is 1. The molecule has 0 aromatic carbocycles. The molecule has 0 amide bonds. The molecule has 0 spiro atoms. The Balaban J connectivity index is 2.98. The predicted molar refractivity (Wildman–Crippen MR) is 63.6 cm³/mol. The molecule has 1 aromatic heterocycles. The van der Waals surface area contributed by atoms with Crippen LogP contribution >= 0.6 is 0 Å². The zero-order valence-electron chi connectivity index (χ0n) is 10.1. The van der Waals surface area contributed by atoms with Crippen molar-refractivity contribution < 1.29 is 9.90 Å². The van der Waals surface area contributed by atoms with Gasteiger partial charge in [0.2, 0.25) is 0 Å². The van der Waals surface area contributed by atoms with Crippen LogP contribution in [0.4, 0.5) is 5.82 Å². The number of anilines is 1. The van der Waals surface area contributed by atoms with Gasteiger partial charge in [0, 0.05) is 5.69 Å². The molecule has 5 heteroatoms. The van der Waals surface area contributed by atoms with Crippen LogP contribution in [0.25, 0.3) is 0 Å². The number of aryl methyl sites for hydroxylation is 1. The van der Waals surface area contributed by atoms with E-state index in [0.717, 1.165) is 0 Å². The molecular weight excluding hydrogens is 218 g/mol. The third kappa shape index (κ3) is 3.45. The van der Waals surface area contributed by atoms with Gasteiger partial charge < -0.3 is 10.4 Å². The lowest BCUT2D eigenvalue weighted by molar-refractivity contribution is -0.138. The highest BCUT2D eigenvalue weighted by atomic mass is 16.4.